The van der Waals surface area contributed by atoms with E-state index in [0.717, 1.165) is 6.42 Å². The minimum atomic E-state index is 0.0954. The zero-order chi connectivity index (χ0) is 9.84. The highest BCUT2D eigenvalue weighted by Gasteiger charge is 2.04. The highest BCUT2D eigenvalue weighted by molar-refractivity contribution is 5.41. The maximum Gasteiger partial charge on any atom is 0.161 e. The lowest BCUT2D eigenvalue weighted by molar-refractivity contribution is 0.231. The Morgan fingerprint density at radius 3 is 2.62 bits per heavy atom. The maximum absolute atomic E-state index is 9.45. The molecule has 0 radical (unpaired) electrons. The van der Waals surface area contributed by atoms with Crippen molar-refractivity contribution >= 4 is 0 Å². The van der Waals surface area contributed by atoms with Gasteiger partial charge in [0.1, 0.15) is 0 Å². The summed E-state index contributed by atoms with van der Waals surface area (Å²) in [5.41, 5.74) is 1.17. The molecule has 1 aromatic carbocycles. The molecule has 0 aliphatic rings. The molecule has 0 fully saturated rings. The highest BCUT2D eigenvalue weighted by atomic mass is 16.5. The second-order valence-corrected chi connectivity index (χ2v) is 3.32. The van der Waals surface area contributed by atoms with Crippen LogP contribution in [-0.4, -0.2) is 11.2 Å². The number of aryl methyl sites for hydroxylation is 1. The van der Waals surface area contributed by atoms with Crippen LogP contribution < -0.4 is 4.74 Å². The molecule has 2 nitrogen and oxygen atoms in total. The monoisotopic (exact) mass is 180 g/mol. The molecule has 0 amide bonds. The first-order valence-electron chi connectivity index (χ1n) is 4.62. The third kappa shape index (κ3) is 2.65. The van der Waals surface area contributed by atoms with E-state index in [1.807, 2.05) is 26.0 Å². The molecule has 0 bridgehead atoms. The Morgan fingerprint density at radius 1 is 1.38 bits per heavy atom. The number of hydrogen-bond donors (Lipinski definition) is 1. The Bertz CT molecular complexity index is 279. The van der Waals surface area contributed by atoms with Crippen LogP contribution in [0.15, 0.2) is 18.2 Å². The average molecular weight is 180 g/mol. The first-order chi connectivity index (χ1) is 6.13. The molecule has 0 aliphatic carbocycles. The predicted octanol–water partition coefficient (Wildman–Crippen LogP) is 2.74. The van der Waals surface area contributed by atoms with E-state index in [1.165, 1.54) is 5.56 Å². The summed E-state index contributed by atoms with van der Waals surface area (Å²) in [5.74, 6) is 0.792. The molecule has 2 heteroatoms. The van der Waals surface area contributed by atoms with Gasteiger partial charge in [-0.25, -0.2) is 0 Å². The van der Waals surface area contributed by atoms with Gasteiger partial charge in [-0.15, -0.1) is 0 Å². The summed E-state index contributed by atoms with van der Waals surface area (Å²) >= 11 is 0. The van der Waals surface area contributed by atoms with Crippen LogP contribution in [0, 0.1) is 0 Å². The number of hydrogen-bond acceptors (Lipinski definition) is 2. The number of benzene rings is 1. The van der Waals surface area contributed by atoms with Crippen LogP contribution in [0.5, 0.6) is 11.5 Å². The SMILES string of the molecule is CCc1ccc(O)c(OC(C)C)c1. The van der Waals surface area contributed by atoms with E-state index in [4.69, 9.17) is 4.74 Å². The van der Waals surface area contributed by atoms with Crippen LogP contribution in [0.1, 0.15) is 26.3 Å². The molecule has 0 saturated heterocycles. The lowest BCUT2D eigenvalue weighted by Crippen LogP contribution is -2.05. The van der Waals surface area contributed by atoms with Gasteiger partial charge in [-0.3, -0.25) is 0 Å². The summed E-state index contributed by atoms with van der Waals surface area (Å²) in [6, 6.07) is 5.47. The molecule has 0 spiro atoms. The van der Waals surface area contributed by atoms with E-state index in [1.54, 1.807) is 6.07 Å². The van der Waals surface area contributed by atoms with Gasteiger partial charge in [0.15, 0.2) is 11.5 Å². The molecular weight excluding hydrogens is 164 g/mol. The van der Waals surface area contributed by atoms with Crippen molar-refractivity contribution < 1.29 is 9.84 Å². The zero-order valence-electron chi connectivity index (χ0n) is 8.37. The molecular formula is C11H16O2. The molecule has 0 unspecified atom stereocenters. The normalized spacial score (nSPS) is 10.5. The summed E-state index contributed by atoms with van der Waals surface area (Å²) in [6.45, 7) is 5.96. The molecule has 0 heterocycles. The van der Waals surface area contributed by atoms with Crippen molar-refractivity contribution in [3.63, 3.8) is 0 Å². The molecule has 1 rings (SSSR count). The molecule has 1 aromatic rings. The number of phenolic OH excluding ortho intramolecular Hbond substituents is 1. The fourth-order valence-corrected chi connectivity index (χ4v) is 1.13. The Morgan fingerprint density at radius 2 is 2.08 bits per heavy atom. The van der Waals surface area contributed by atoms with Crippen molar-refractivity contribution in [1.82, 2.24) is 0 Å². The molecule has 72 valence electrons. The number of ether oxygens (including phenoxy) is 1. The van der Waals surface area contributed by atoms with E-state index in [9.17, 15) is 5.11 Å². The standard InChI is InChI=1S/C11H16O2/c1-4-9-5-6-10(12)11(7-9)13-8(2)3/h5-8,12H,4H2,1-3H3. The van der Waals surface area contributed by atoms with Crippen LogP contribution in [0.25, 0.3) is 0 Å². The fourth-order valence-electron chi connectivity index (χ4n) is 1.13. The second-order valence-electron chi connectivity index (χ2n) is 3.32. The summed E-state index contributed by atoms with van der Waals surface area (Å²) in [4.78, 5) is 0. The van der Waals surface area contributed by atoms with Gasteiger partial charge in [-0.1, -0.05) is 13.0 Å². The van der Waals surface area contributed by atoms with Gasteiger partial charge in [-0.2, -0.15) is 0 Å². The largest absolute Gasteiger partial charge is 0.504 e. The van der Waals surface area contributed by atoms with Crippen molar-refractivity contribution in [2.45, 2.75) is 33.3 Å². The van der Waals surface area contributed by atoms with Crippen LogP contribution in [0.4, 0.5) is 0 Å². The van der Waals surface area contributed by atoms with Crippen molar-refractivity contribution in [3.8, 4) is 11.5 Å². The quantitative estimate of drug-likeness (QED) is 0.775. The van der Waals surface area contributed by atoms with Gasteiger partial charge >= 0.3 is 0 Å². The van der Waals surface area contributed by atoms with E-state index >= 15 is 0 Å². The van der Waals surface area contributed by atoms with Gasteiger partial charge in [0.05, 0.1) is 6.10 Å². The minimum Gasteiger partial charge on any atom is -0.504 e. The van der Waals surface area contributed by atoms with Crippen LogP contribution >= 0.6 is 0 Å². The molecule has 0 saturated carbocycles. The third-order valence-electron chi connectivity index (χ3n) is 1.80. The molecule has 0 aliphatic heterocycles. The average Bonchev–Trinajstić information content (AvgIpc) is 2.08. The maximum atomic E-state index is 9.45. The topological polar surface area (TPSA) is 29.5 Å². The zero-order valence-corrected chi connectivity index (χ0v) is 8.37. The Kier molecular flexibility index (Phi) is 3.18. The molecule has 13 heavy (non-hydrogen) atoms. The lowest BCUT2D eigenvalue weighted by Gasteiger charge is -2.11. The molecule has 0 aromatic heterocycles. The van der Waals surface area contributed by atoms with Crippen molar-refractivity contribution in [3.05, 3.63) is 23.8 Å². The second kappa shape index (κ2) is 4.17. The predicted molar refractivity (Wildman–Crippen MR) is 53.2 cm³/mol. The number of rotatable bonds is 3. The Labute approximate surface area is 79.2 Å². The Balaban J connectivity index is 2.90. The summed E-state index contributed by atoms with van der Waals surface area (Å²) in [6.07, 6.45) is 1.05. The van der Waals surface area contributed by atoms with Crippen LogP contribution in [0.3, 0.4) is 0 Å². The van der Waals surface area contributed by atoms with E-state index in [0.29, 0.717) is 5.75 Å². The number of phenols is 1. The minimum absolute atomic E-state index is 0.0954. The summed E-state index contributed by atoms with van der Waals surface area (Å²) in [5, 5.41) is 9.45. The van der Waals surface area contributed by atoms with E-state index < -0.39 is 0 Å². The third-order valence-corrected chi connectivity index (χ3v) is 1.80. The van der Waals surface area contributed by atoms with Gasteiger partial charge in [0, 0.05) is 0 Å². The molecule has 1 N–H and O–H groups in total. The highest BCUT2D eigenvalue weighted by Crippen LogP contribution is 2.27. The van der Waals surface area contributed by atoms with Crippen LogP contribution in [0.2, 0.25) is 0 Å². The number of aromatic hydroxyl groups is 1. The molecule has 0 atom stereocenters. The van der Waals surface area contributed by atoms with E-state index in [-0.39, 0.29) is 11.9 Å². The first kappa shape index (κ1) is 9.90. The van der Waals surface area contributed by atoms with Crippen molar-refractivity contribution in [2.24, 2.45) is 0 Å². The lowest BCUT2D eigenvalue weighted by atomic mass is 10.1. The van der Waals surface area contributed by atoms with Gasteiger partial charge < -0.3 is 9.84 Å². The van der Waals surface area contributed by atoms with E-state index in [2.05, 4.69) is 6.92 Å². The van der Waals surface area contributed by atoms with Gasteiger partial charge in [-0.05, 0) is 38.0 Å². The van der Waals surface area contributed by atoms with Gasteiger partial charge in [0.25, 0.3) is 0 Å². The smallest absolute Gasteiger partial charge is 0.161 e. The van der Waals surface area contributed by atoms with Crippen molar-refractivity contribution in [1.29, 1.82) is 0 Å². The van der Waals surface area contributed by atoms with Crippen LogP contribution in [-0.2, 0) is 6.42 Å². The first-order valence-corrected chi connectivity index (χ1v) is 4.62. The van der Waals surface area contributed by atoms with Gasteiger partial charge in [0.2, 0.25) is 0 Å². The fraction of sp³-hybridized carbons (Fsp3) is 0.455. The Hall–Kier alpha value is -1.18. The summed E-state index contributed by atoms with van der Waals surface area (Å²) in [7, 11) is 0. The van der Waals surface area contributed by atoms with Crippen molar-refractivity contribution in [2.75, 3.05) is 0 Å². The summed E-state index contributed by atoms with van der Waals surface area (Å²) < 4.78 is 5.44.